The number of aromatic nitrogens is 1. The third-order valence-corrected chi connectivity index (χ3v) is 5.70. The second-order valence-electron chi connectivity index (χ2n) is 6.31. The lowest BCUT2D eigenvalue weighted by molar-refractivity contribution is 0.151. The van der Waals surface area contributed by atoms with Crippen molar-refractivity contribution in [2.75, 3.05) is 6.54 Å². The van der Waals surface area contributed by atoms with Crippen molar-refractivity contribution in [1.29, 1.82) is 0 Å². The van der Waals surface area contributed by atoms with Gasteiger partial charge in [-0.15, -0.1) is 11.3 Å². The molecule has 0 aliphatic heterocycles. The molecule has 0 amide bonds. The minimum absolute atomic E-state index is 0.363. The van der Waals surface area contributed by atoms with E-state index in [0.717, 1.165) is 18.9 Å². The van der Waals surface area contributed by atoms with Crippen LogP contribution in [0, 0.1) is 18.3 Å². The first-order valence-corrected chi connectivity index (χ1v) is 8.60. The van der Waals surface area contributed by atoms with E-state index in [-0.39, 0.29) is 0 Å². The van der Waals surface area contributed by atoms with Crippen molar-refractivity contribution in [3.8, 4) is 0 Å². The molecule has 1 aromatic heterocycles. The third kappa shape index (κ3) is 4.03. The minimum atomic E-state index is 0.363. The summed E-state index contributed by atoms with van der Waals surface area (Å²) in [4.78, 5) is 5.81. The summed E-state index contributed by atoms with van der Waals surface area (Å²) in [5, 5.41) is 1.18. The molecule has 3 heteroatoms. The summed E-state index contributed by atoms with van der Waals surface area (Å²) in [5.41, 5.74) is 6.49. The fourth-order valence-electron chi connectivity index (χ4n) is 3.38. The molecule has 0 saturated heterocycles. The monoisotopic (exact) mass is 280 g/mol. The van der Waals surface area contributed by atoms with E-state index in [9.17, 15) is 0 Å². The molecule has 1 heterocycles. The van der Waals surface area contributed by atoms with Gasteiger partial charge in [0.2, 0.25) is 0 Å². The first-order chi connectivity index (χ1) is 9.17. The highest BCUT2D eigenvalue weighted by molar-refractivity contribution is 7.11. The van der Waals surface area contributed by atoms with Crippen molar-refractivity contribution in [3.63, 3.8) is 0 Å². The van der Waals surface area contributed by atoms with Gasteiger partial charge in [-0.1, -0.05) is 26.2 Å². The molecule has 0 radical (unpaired) electrons. The van der Waals surface area contributed by atoms with E-state index in [1.54, 1.807) is 0 Å². The number of hydrogen-bond acceptors (Lipinski definition) is 3. The summed E-state index contributed by atoms with van der Waals surface area (Å²) in [6.45, 7) is 5.22. The molecule has 19 heavy (non-hydrogen) atoms. The van der Waals surface area contributed by atoms with Crippen LogP contribution in [0.15, 0.2) is 6.20 Å². The highest BCUT2D eigenvalue weighted by atomic mass is 32.1. The van der Waals surface area contributed by atoms with Crippen molar-refractivity contribution in [2.24, 2.45) is 17.1 Å². The predicted octanol–water partition coefficient (Wildman–Crippen LogP) is 4.32. The van der Waals surface area contributed by atoms with E-state index in [2.05, 4.69) is 25.0 Å². The molecule has 1 aliphatic carbocycles. The van der Waals surface area contributed by atoms with Gasteiger partial charge in [0, 0.05) is 11.1 Å². The van der Waals surface area contributed by atoms with Crippen LogP contribution < -0.4 is 5.73 Å². The molecule has 1 fully saturated rings. The molecule has 2 N–H and O–H groups in total. The zero-order valence-corrected chi connectivity index (χ0v) is 13.3. The summed E-state index contributed by atoms with van der Waals surface area (Å²) in [6.07, 6.45) is 12.8. The zero-order valence-electron chi connectivity index (χ0n) is 12.5. The highest BCUT2D eigenvalue weighted by Crippen LogP contribution is 2.42. The fraction of sp³-hybridized carbons (Fsp3) is 0.812. The first kappa shape index (κ1) is 15.0. The van der Waals surface area contributed by atoms with Gasteiger partial charge in [0.25, 0.3) is 0 Å². The molecule has 0 unspecified atom stereocenters. The van der Waals surface area contributed by atoms with E-state index in [4.69, 9.17) is 5.73 Å². The van der Waals surface area contributed by atoms with Gasteiger partial charge in [0.1, 0.15) is 0 Å². The number of rotatable bonds is 6. The van der Waals surface area contributed by atoms with Crippen LogP contribution in [-0.2, 0) is 6.42 Å². The SMILES string of the molecule is CCCCC1CCC(CN)(Cc2cnc(C)s2)CC1. The van der Waals surface area contributed by atoms with Crippen LogP contribution in [0.25, 0.3) is 0 Å². The number of aryl methyl sites for hydroxylation is 1. The Morgan fingerprint density at radius 3 is 2.68 bits per heavy atom. The quantitative estimate of drug-likeness (QED) is 0.843. The van der Waals surface area contributed by atoms with Gasteiger partial charge in [0.15, 0.2) is 0 Å². The number of nitrogens with zero attached hydrogens (tertiary/aromatic N) is 1. The normalized spacial score (nSPS) is 27.6. The number of hydrogen-bond donors (Lipinski definition) is 1. The maximum atomic E-state index is 6.12. The van der Waals surface area contributed by atoms with Crippen molar-refractivity contribution in [3.05, 3.63) is 16.1 Å². The van der Waals surface area contributed by atoms with Gasteiger partial charge >= 0.3 is 0 Å². The van der Waals surface area contributed by atoms with E-state index in [1.165, 1.54) is 54.8 Å². The lowest BCUT2D eigenvalue weighted by atomic mass is 9.67. The molecular formula is C16H28N2S. The third-order valence-electron chi connectivity index (χ3n) is 4.78. The summed E-state index contributed by atoms with van der Waals surface area (Å²) in [5.74, 6) is 0.961. The Labute approximate surface area is 121 Å². The van der Waals surface area contributed by atoms with Gasteiger partial charge in [-0.05, 0) is 56.9 Å². The van der Waals surface area contributed by atoms with Gasteiger partial charge in [-0.25, -0.2) is 4.98 Å². The summed E-state index contributed by atoms with van der Waals surface area (Å²) >= 11 is 1.84. The van der Waals surface area contributed by atoms with Crippen LogP contribution in [0.4, 0.5) is 0 Å². The molecule has 1 aromatic rings. The standard InChI is InChI=1S/C16H28N2S/c1-3-4-5-14-6-8-16(12-17,9-7-14)10-15-11-18-13(2)19-15/h11,14H,3-10,12,17H2,1-2H3. The Hall–Kier alpha value is -0.410. The van der Waals surface area contributed by atoms with Crippen LogP contribution in [0.1, 0.15) is 61.8 Å². The molecule has 108 valence electrons. The van der Waals surface area contributed by atoms with E-state index < -0.39 is 0 Å². The Kier molecular flexibility index (Phi) is 5.40. The number of thiazole rings is 1. The predicted molar refractivity (Wildman–Crippen MR) is 83.5 cm³/mol. The number of unbranched alkanes of at least 4 members (excludes halogenated alkanes) is 1. The Balaban J connectivity index is 1.90. The van der Waals surface area contributed by atoms with Crippen LogP contribution in [0.5, 0.6) is 0 Å². The van der Waals surface area contributed by atoms with E-state index >= 15 is 0 Å². The largest absolute Gasteiger partial charge is 0.330 e. The molecule has 1 aliphatic rings. The second-order valence-corrected chi connectivity index (χ2v) is 7.63. The summed E-state index contributed by atoms with van der Waals surface area (Å²) in [7, 11) is 0. The second kappa shape index (κ2) is 6.85. The molecule has 2 nitrogen and oxygen atoms in total. The van der Waals surface area contributed by atoms with Crippen LogP contribution in [0.2, 0.25) is 0 Å². The first-order valence-electron chi connectivity index (χ1n) is 7.79. The summed E-state index contributed by atoms with van der Waals surface area (Å²) in [6, 6.07) is 0. The van der Waals surface area contributed by atoms with Gasteiger partial charge < -0.3 is 5.73 Å². The smallest absolute Gasteiger partial charge is 0.0896 e. The van der Waals surface area contributed by atoms with Crippen LogP contribution in [-0.4, -0.2) is 11.5 Å². The maximum absolute atomic E-state index is 6.12. The van der Waals surface area contributed by atoms with Crippen molar-refractivity contribution in [1.82, 2.24) is 4.98 Å². The highest BCUT2D eigenvalue weighted by Gasteiger charge is 2.34. The number of nitrogens with two attached hydrogens (primary N) is 1. The Morgan fingerprint density at radius 2 is 2.16 bits per heavy atom. The Morgan fingerprint density at radius 1 is 1.42 bits per heavy atom. The molecule has 0 spiro atoms. The molecule has 2 rings (SSSR count). The molecule has 0 atom stereocenters. The van der Waals surface area contributed by atoms with E-state index in [0.29, 0.717) is 5.41 Å². The molecule has 0 aromatic carbocycles. The van der Waals surface area contributed by atoms with Crippen molar-refractivity contribution in [2.45, 2.75) is 65.2 Å². The molecule has 1 saturated carbocycles. The fourth-order valence-corrected chi connectivity index (χ4v) is 4.35. The zero-order chi connectivity index (χ0) is 13.7. The van der Waals surface area contributed by atoms with Gasteiger partial charge in [-0.2, -0.15) is 0 Å². The topological polar surface area (TPSA) is 38.9 Å². The van der Waals surface area contributed by atoms with Gasteiger partial charge in [0.05, 0.1) is 5.01 Å². The average molecular weight is 280 g/mol. The minimum Gasteiger partial charge on any atom is -0.330 e. The lowest BCUT2D eigenvalue weighted by Gasteiger charge is -2.39. The van der Waals surface area contributed by atoms with Crippen molar-refractivity contribution < 1.29 is 0 Å². The Bertz CT molecular complexity index is 378. The van der Waals surface area contributed by atoms with Crippen LogP contribution in [0.3, 0.4) is 0 Å². The molecular weight excluding hydrogens is 252 g/mol. The molecule has 0 bridgehead atoms. The average Bonchev–Trinajstić information content (AvgIpc) is 2.83. The van der Waals surface area contributed by atoms with E-state index in [1.807, 2.05) is 11.3 Å². The van der Waals surface area contributed by atoms with Crippen molar-refractivity contribution >= 4 is 11.3 Å². The summed E-state index contributed by atoms with van der Waals surface area (Å²) < 4.78 is 0. The lowest BCUT2D eigenvalue weighted by Crippen LogP contribution is -2.36. The van der Waals surface area contributed by atoms with Gasteiger partial charge in [-0.3, -0.25) is 0 Å². The van der Waals surface area contributed by atoms with Crippen LogP contribution >= 0.6 is 11.3 Å². The maximum Gasteiger partial charge on any atom is 0.0896 e.